The summed E-state index contributed by atoms with van der Waals surface area (Å²) >= 11 is 0. The number of hydrogen-bond donors (Lipinski definition) is 2. The van der Waals surface area contributed by atoms with Crippen LogP contribution in [0.5, 0.6) is 0 Å². The quantitative estimate of drug-likeness (QED) is 0.733. The van der Waals surface area contributed by atoms with Crippen molar-refractivity contribution in [3.8, 4) is 11.5 Å². The van der Waals surface area contributed by atoms with Crippen molar-refractivity contribution in [3.63, 3.8) is 0 Å². The number of rotatable bonds is 3. The van der Waals surface area contributed by atoms with Gasteiger partial charge in [0, 0.05) is 24.0 Å². The highest BCUT2D eigenvalue weighted by molar-refractivity contribution is 5.87. The maximum absolute atomic E-state index is 5.58. The molecule has 0 amide bonds. The third kappa shape index (κ3) is 1.69. The third-order valence-electron chi connectivity index (χ3n) is 3.09. The van der Waals surface area contributed by atoms with Crippen LogP contribution in [0, 0.1) is 6.92 Å². The molecule has 92 valence electrons. The average molecular weight is 241 g/mol. The predicted octanol–water partition coefficient (Wildman–Crippen LogP) is 1.69. The van der Waals surface area contributed by atoms with E-state index in [0.29, 0.717) is 6.54 Å². The lowest BCUT2D eigenvalue weighted by atomic mass is 10.2. The molecule has 0 atom stereocenters. The predicted molar refractivity (Wildman–Crippen MR) is 71.1 cm³/mol. The first kappa shape index (κ1) is 11.0. The van der Waals surface area contributed by atoms with E-state index in [9.17, 15) is 0 Å². The zero-order chi connectivity index (χ0) is 12.5. The van der Waals surface area contributed by atoms with E-state index in [1.807, 2.05) is 4.57 Å². The first-order valence-corrected chi connectivity index (χ1v) is 5.96. The number of fused-ring (bicyclic) bond motifs is 1. The molecule has 0 unspecified atom stereocenters. The first-order chi connectivity index (χ1) is 8.79. The maximum Gasteiger partial charge on any atom is 0.180 e. The monoisotopic (exact) mass is 241 g/mol. The number of benzene rings is 1. The first-order valence-electron chi connectivity index (χ1n) is 5.96. The number of para-hydroxylation sites is 1. The number of aryl methyl sites for hydroxylation is 1. The summed E-state index contributed by atoms with van der Waals surface area (Å²) in [5.74, 6) is 0.830. The van der Waals surface area contributed by atoms with E-state index in [-0.39, 0.29) is 0 Å². The molecule has 3 aromatic rings. The smallest absolute Gasteiger partial charge is 0.180 e. The largest absolute Gasteiger partial charge is 0.352 e. The summed E-state index contributed by atoms with van der Waals surface area (Å²) in [6.45, 7) is 3.38. The van der Waals surface area contributed by atoms with Gasteiger partial charge in [0.1, 0.15) is 6.33 Å². The summed E-state index contributed by atoms with van der Waals surface area (Å²) in [5.41, 5.74) is 8.93. The molecular weight excluding hydrogens is 226 g/mol. The van der Waals surface area contributed by atoms with Crippen molar-refractivity contribution in [2.24, 2.45) is 5.73 Å². The van der Waals surface area contributed by atoms with Crippen LogP contribution in [0.1, 0.15) is 5.56 Å². The van der Waals surface area contributed by atoms with Crippen molar-refractivity contribution in [3.05, 3.63) is 36.2 Å². The lowest BCUT2D eigenvalue weighted by Gasteiger charge is -2.02. The Balaban J connectivity index is 2.14. The number of nitrogens with zero attached hydrogens (tertiary/aromatic N) is 3. The molecule has 2 heterocycles. The van der Waals surface area contributed by atoms with Gasteiger partial charge in [-0.2, -0.15) is 0 Å². The van der Waals surface area contributed by atoms with Crippen LogP contribution in [0.2, 0.25) is 0 Å². The highest BCUT2D eigenvalue weighted by Gasteiger charge is 2.10. The number of aromatic nitrogens is 4. The van der Waals surface area contributed by atoms with Crippen molar-refractivity contribution in [1.29, 1.82) is 0 Å². The summed E-state index contributed by atoms with van der Waals surface area (Å²) in [6.07, 6.45) is 1.71. The van der Waals surface area contributed by atoms with Gasteiger partial charge in [-0.25, -0.2) is 0 Å². The molecule has 3 rings (SSSR count). The van der Waals surface area contributed by atoms with E-state index in [1.54, 1.807) is 6.33 Å². The average Bonchev–Trinajstić information content (AvgIpc) is 2.95. The highest BCUT2D eigenvalue weighted by Crippen LogP contribution is 2.24. The number of hydrogen-bond acceptors (Lipinski definition) is 3. The Morgan fingerprint density at radius 1 is 1.39 bits per heavy atom. The summed E-state index contributed by atoms with van der Waals surface area (Å²) in [6, 6.07) is 8.33. The number of aromatic amines is 1. The maximum atomic E-state index is 5.58. The van der Waals surface area contributed by atoms with Gasteiger partial charge in [-0.3, -0.25) is 0 Å². The second kappa shape index (κ2) is 4.27. The van der Waals surface area contributed by atoms with Crippen LogP contribution in [0.15, 0.2) is 30.6 Å². The Labute approximate surface area is 105 Å². The van der Waals surface area contributed by atoms with Gasteiger partial charge in [0.15, 0.2) is 5.82 Å². The number of nitrogens with two attached hydrogens (primary N) is 1. The Morgan fingerprint density at radius 2 is 2.28 bits per heavy atom. The highest BCUT2D eigenvalue weighted by atomic mass is 15.3. The van der Waals surface area contributed by atoms with Crippen LogP contribution in [-0.2, 0) is 6.54 Å². The van der Waals surface area contributed by atoms with Crippen molar-refractivity contribution >= 4 is 10.9 Å². The summed E-state index contributed by atoms with van der Waals surface area (Å²) in [7, 11) is 0. The second-order valence-corrected chi connectivity index (χ2v) is 4.36. The van der Waals surface area contributed by atoms with Gasteiger partial charge in [-0.15, -0.1) is 10.2 Å². The topological polar surface area (TPSA) is 72.5 Å². The fourth-order valence-electron chi connectivity index (χ4n) is 2.19. The molecule has 0 saturated carbocycles. The van der Waals surface area contributed by atoms with Crippen LogP contribution in [-0.4, -0.2) is 26.3 Å². The molecular formula is C13H15N5. The van der Waals surface area contributed by atoms with Crippen molar-refractivity contribution in [2.75, 3.05) is 6.54 Å². The van der Waals surface area contributed by atoms with E-state index in [1.165, 1.54) is 10.9 Å². The molecule has 5 nitrogen and oxygen atoms in total. The Kier molecular flexibility index (Phi) is 2.60. The summed E-state index contributed by atoms with van der Waals surface area (Å²) in [5, 5.41) is 9.29. The van der Waals surface area contributed by atoms with Crippen LogP contribution < -0.4 is 5.73 Å². The molecule has 5 heteroatoms. The van der Waals surface area contributed by atoms with Gasteiger partial charge in [0.2, 0.25) is 0 Å². The van der Waals surface area contributed by atoms with Crippen LogP contribution in [0.4, 0.5) is 0 Å². The van der Waals surface area contributed by atoms with Gasteiger partial charge in [-0.1, -0.05) is 18.2 Å². The van der Waals surface area contributed by atoms with E-state index in [4.69, 9.17) is 5.73 Å². The Bertz CT molecular complexity index is 680. The van der Waals surface area contributed by atoms with Crippen LogP contribution >= 0.6 is 0 Å². The van der Waals surface area contributed by atoms with Gasteiger partial charge in [0.25, 0.3) is 0 Å². The van der Waals surface area contributed by atoms with Gasteiger partial charge < -0.3 is 15.3 Å². The molecule has 18 heavy (non-hydrogen) atoms. The van der Waals surface area contributed by atoms with Gasteiger partial charge in [0.05, 0.1) is 5.69 Å². The number of nitrogens with one attached hydrogen (secondary N) is 1. The van der Waals surface area contributed by atoms with E-state index >= 15 is 0 Å². The molecule has 0 radical (unpaired) electrons. The lowest BCUT2D eigenvalue weighted by Crippen LogP contribution is -2.10. The minimum Gasteiger partial charge on any atom is -0.352 e. The molecule has 0 aliphatic rings. The van der Waals surface area contributed by atoms with E-state index in [0.717, 1.165) is 23.6 Å². The normalized spacial score (nSPS) is 11.2. The molecule has 0 spiro atoms. The second-order valence-electron chi connectivity index (χ2n) is 4.36. The fourth-order valence-corrected chi connectivity index (χ4v) is 2.19. The zero-order valence-electron chi connectivity index (χ0n) is 10.2. The fraction of sp³-hybridized carbons (Fsp3) is 0.231. The standard InChI is InChI=1S/C13H15N5/c1-9-3-2-4-10-7-11(16-12(9)10)13-17-15-8-18(13)6-5-14/h2-4,7-8,16H,5-6,14H2,1H3. The van der Waals surface area contributed by atoms with E-state index in [2.05, 4.69) is 46.4 Å². The summed E-state index contributed by atoms with van der Waals surface area (Å²) < 4.78 is 1.96. The molecule has 0 saturated heterocycles. The van der Waals surface area contributed by atoms with Crippen molar-refractivity contribution in [1.82, 2.24) is 19.7 Å². The minimum absolute atomic E-state index is 0.574. The molecule has 0 aliphatic carbocycles. The molecule has 0 aliphatic heterocycles. The molecule has 3 N–H and O–H groups in total. The molecule has 0 bridgehead atoms. The Hall–Kier alpha value is -2.14. The van der Waals surface area contributed by atoms with Gasteiger partial charge in [-0.05, 0) is 18.6 Å². The van der Waals surface area contributed by atoms with E-state index < -0.39 is 0 Å². The molecule has 2 aromatic heterocycles. The van der Waals surface area contributed by atoms with Crippen molar-refractivity contribution < 1.29 is 0 Å². The Morgan fingerprint density at radius 3 is 3.06 bits per heavy atom. The number of H-pyrrole nitrogens is 1. The van der Waals surface area contributed by atoms with Crippen LogP contribution in [0.25, 0.3) is 22.4 Å². The lowest BCUT2D eigenvalue weighted by molar-refractivity contribution is 0.711. The molecule has 0 fully saturated rings. The summed E-state index contributed by atoms with van der Waals surface area (Å²) in [4.78, 5) is 3.40. The molecule has 1 aromatic carbocycles. The third-order valence-corrected chi connectivity index (χ3v) is 3.09. The zero-order valence-corrected chi connectivity index (χ0v) is 10.2. The van der Waals surface area contributed by atoms with Gasteiger partial charge >= 0.3 is 0 Å². The SMILES string of the molecule is Cc1cccc2cc(-c3nncn3CCN)[nH]c12. The minimum atomic E-state index is 0.574. The van der Waals surface area contributed by atoms with Crippen molar-refractivity contribution in [2.45, 2.75) is 13.5 Å². The van der Waals surface area contributed by atoms with Crippen LogP contribution in [0.3, 0.4) is 0 Å².